The quantitative estimate of drug-likeness (QED) is 0.864. The van der Waals surface area contributed by atoms with Crippen molar-refractivity contribution < 1.29 is 4.79 Å². The van der Waals surface area contributed by atoms with Crippen LogP contribution in [-0.4, -0.2) is 27.2 Å². The number of nitrogens with one attached hydrogen (secondary N) is 1. The van der Waals surface area contributed by atoms with Gasteiger partial charge in [0.05, 0.1) is 6.04 Å². The monoisotopic (exact) mass is 271 g/mol. The van der Waals surface area contributed by atoms with Gasteiger partial charge < -0.3 is 11.1 Å². The maximum Gasteiger partial charge on any atom is 0.288 e. The van der Waals surface area contributed by atoms with Crippen LogP contribution in [0.15, 0.2) is 18.2 Å². The van der Waals surface area contributed by atoms with Gasteiger partial charge in [0, 0.05) is 6.54 Å². The molecule has 20 heavy (non-hydrogen) atoms. The summed E-state index contributed by atoms with van der Waals surface area (Å²) in [6.45, 7) is 4.97. The number of anilines is 1. The Morgan fingerprint density at radius 1 is 1.45 bits per heavy atom. The summed E-state index contributed by atoms with van der Waals surface area (Å²) in [6, 6.07) is 6.46. The van der Waals surface area contributed by atoms with Crippen LogP contribution in [0.25, 0.3) is 0 Å². The lowest BCUT2D eigenvalue weighted by Crippen LogP contribution is -2.25. The number of fused-ring (bicyclic) bond motifs is 1. The molecule has 0 radical (unpaired) electrons. The van der Waals surface area contributed by atoms with Gasteiger partial charge in [-0.25, -0.2) is 4.68 Å². The largest absolute Gasteiger partial charge is 0.363 e. The van der Waals surface area contributed by atoms with Crippen molar-refractivity contribution in [3.63, 3.8) is 0 Å². The molecule has 1 aromatic carbocycles. The topological polar surface area (TPSA) is 85.8 Å². The molecule has 1 aromatic heterocycles. The Morgan fingerprint density at radius 2 is 2.25 bits per heavy atom. The fourth-order valence-corrected chi connectivity index (χ4v) is 2.70. The van der Waals surface area contributed by atoms with E-state index in [2.05, 4.69) is 47.4 Å². The van der Waals surface area contributed by atoms with Gasteiger partial charge in [-0.05, 0) is 31.4 Å². The number of nitrogens with two attached hydrogens (primary N) is 1. The molecule has 6 nitrogen and oxygen atoms in total. The number of benzene rings is 1. The lowest BCUT2D eigenvalue weighted by atomic mass is 9.96. The van der Waals surface area contributed by atoms with Gasteiger partial charge in [0.1, 0.15) is 0 Å². The van der Waals surface area contributed by atoms with Gasteiger partial charge in [-0.3, -0.25) is 4.79 Å². The third kappa shape index (κ3) is 2.03. The summed E-state index contributed by atoms with van der Waals surface area (Å²) in [5.41, 5.74) is 8.92. The molecule has 0 saturated heterocycles. The molecule has 2 aromatic rings. The van der Waals surface area contributed by atoms with E-state index >= 15 is 0 Å². The summed E-state index contributed by atoms with van der Waals surface area (Å²) < 4.78 is 1.77. The molecule has 1 aliphatic rings. The van der Waals surface area contributed by atoms with Gasteiger partial charge in [-0.1, -0.05) is 23.8 Å². The Morgan fingerprint density at radius 3 is 2.95 bits per heavy atom. The van der Waals surface area contributed by atoms with E-state index in [-0.39, 0.29) is 11.9 Å². The van der Waals surface area contributed by atoms with Gasteiger partial charge in [0.2, 0.25) is 11.8 Å². The highest BCUT2D eigenvalue weighted by Gasteiger charge is 2.26. The highest BCUT2D eigenvalue weighted by atomic mass is 16.1. The van der Waals surface area contributed by atoms with Crippen LogP contribution in [0.3, 0.4) is 0 Å². The third-order valence-electron chi connectivity index (χ3n) is 3.63. The number of amides is 1. The van der Waals surface area contributed by atoms with Crippen LogP contribution in [-0.2, 0) is 0 Å². The van der Waals surface area contributed by atoms with E-state index in [1.807, 2.05) is 0 Å². The van der Waals surface area contributed by atoms with Gasteiger partial charge in [0.25, 0.3) is 5.91 Å². The number of rotatable bonds is 2. The van der Waals surface area contributed by atoms with Crippen LogP contribution in [0.4, 0.5) is 5.95 Å². The minimum absolute atomic E-state index is 0.0594. The Bertz CT molecular complexity index is 676. The predicted molar refractivity (Wildman–Crippen MR) is 75.7 cm³/mol. The molecule has 1 atom stereocenters. The van der Waals surface area contributed by atoms with E-state index in [9.17, 15) is 4.79 Å². The standard InChI is InChI=1S/C14H17N5O/c1-8-3-4-10(9(2)7-8)11-5-6-16-14-17-13(12(15)20)18-19(11)14/h3-4,7,11H,5-6H2,1-2H3,(H2,15,20)(H,16,17,18). The van der Waals surface area contributed by atoms with Crippen LogP contribution in [0, 0.1) is 13.8 Å². The van der Waals surface area contributed by atoms with Crippen molar-refractivity contribution in [2.45, 2.75) is 26.3 Å². The Hall–Kier alpha value is -2.37. The Balaban J connectivity index is 2.07. The molecule has 1 unspecified atom stereocenters. The molecule has 0 spiro atoms. The average Bonchev–Trinajstić information content (AvgIpc) is 2.83. The molecule has 3 N–H and O–H groups in total. The zero-order valence-electron chi connectivity index (χ0n) is 11.6. The zero-order chi connectivity index (χ0) is 14.3. The van der Waals surface area contributed by atoms with E-state index in [0.29, 0.717) is 5.95 Å². The lowest BCUT2D eigenvalue weighted by molar-refractivity contribution is 0.0990. The van der Waals surface area contributed by atoms with Gasteiger partial charge in [0.15, 0.2) is 0 Å². The highest BCUT2D eigenvalue weighted by molar-refractivity contribution is 5.89. The van der Waals surface area contributed by atoms with E-state index in [1.165, 1.54) is 16.7 Å². The normalized spacial score (nSPS) is 17.4. The van der Waals surface area contributed by atoms with Gasteiger partial charge >= 0.3 is 0 Å². The van der Waals surface area contributed by atoms with Crippen molar-refractivity contribution in [3.8, 4) is 0 Å². The van der Waals surface area contributed by atoms with E-state index in [0.717, 1.165) is 13.0 Å². The first-order chi connectivity index (χ1) is 9.56. The maximum absolute atomic E-state index is 11.2. The van der Waals surface area contributed by atoms with Crippen molar-refractivity contribution in [1.82, 2.24) is 14.8 Å². The van der Waals surface area contributed by atoms with E-state index in [1.54, 1.807) is 4.68 Å². The first-order valence-corrected chi connectivity index (χ1v) is 6.63. The molecule has 0 fully saturated rings. The number of hydrogen-bond acceptors (Lipinski definition) is 4. The molecule has 1 amide bonds. The number of carbonyl (C=O) groups excluding carboxylic acids is 1. The number of aryl methyl sites for hydroxylation is 2. The summed E-state index contributed by atoms with van der Waals surface area (Å²) in [5, 5.41) is 7.39. The van der Waals surface area contributed by atoms with Crippen LogP contribution >= 0.6 is 0 Å². The van der Waals surface area contributed by atoms with Crippen LogP contribution < -0.4 is 11.1 Å². The molecule has 0 bridgehead atoms. The van der Waals surface area contributed by atoms with Gasteiger partial charge in [-0.15, -0.1) is 5.10 Å². The Labute approximate surface area is 117 Å². The SMILES string of the molecule is Cc1ccc(C2CCNc3nc(C(N)=O)nn32)c(C)c1. The van der Waals surface area contributed by atoms with Gasteiger partial charge in [-0.2, -0.15) is 4.98 Å². The number of aromatic nitrogens is 3. The minimum Gasteiger partial charge on any atom is -0.363 e. The summed E-state index contributed by atoms with van der Waals surface area (Å²) in [4.78, 5) is 15.4. The second-order valence-electron chi connectivity index (χ2n) is 5.16. The highest BCUT2D eigenvalue weighted by Crippen LogP contribution is 2.30. The van der Waals surface area contributed by atoms with Crippen molar-refractivity contribution in [1.29, 1.82) is 0 Å². The van der Waals surface area contributed by atoms with Crippen LogP contribution in [0.1, 0.15) is 39.8 Å². The fourth-order valence-electron chi connectivity index (χ4n) is 2.70. The number of primary amides is 1. The Kier molecular flexibility index (Phi) is 2.93. The average molecular weight is 271 g/mol. The van der Waals surface area contributed by atoms with Crippen LogP contribution in [0.5, 0.6) is 0 Å². The first-order valence-electron chi connectivity index (χ1n) is 6.63. The molecule has 104 valence electrons. The predicted octanol–water partition coefficient (Wildman–Crippen LogP) is 1.40. The van der Waals surface area contributed by atoms with E-state index in [4.69, 9.17) is 5.73 Å². The second kappa shape index (κ2) is 4.63. The molecule has 1 aliphatic heterocycles. The van der Waals surface area contributed by atoms with Crippen molar-refractivity contribution in [3.05, 3.63) is 40.7 Å². The lowest BCUT2D eigenvalue weighted by Gasteiger charge is -2.26. The molecular formula is C14H17N5O. The first kappa shape index (κ1) is 12.7. The van der Waals surface area contributed by atoms with E-state index < -0.39 is 5.91 Å². The van der Waals surface area contributed by atoms with Crippen molar-refractivity contribution >= 4 is 11.9 Å². The third-order valence-corrected chi connectivity index (χ3v) is 3.63. The summed E-state index contributed by atoms with van der Waals surface area (Å²) in [5.74, 6) is 0.0623. The molecule has 6 heteroatoms. The zero-order valence-corrected chi connectivity index (χ0v) is 11.6. The molecule has 2 heterocycles. The smallest absolute Gasteiger partial charge is 0.288 e. The minimum atomic E-state index is -0.604. The number of carbonyl (C=O) groups is 1. The number of hydrogen-bond donors (Lipinski definition) is 2. The molecule has 0 aliphatic carbocycles. The summed E-state index contributed by atoms with van der Waals surface area (Å²) in [6.07, 6.45) is 0.901. The maximum atomic E-state index is 11.2. The second-order valence-corrected chi connectivity index (χ2v) is 5.16. The van der Waals surface area contributed by atoms with Crippen molar-refractivity contribution in [2.75, 3.05) is 11.9 Å². The summed E-state index contributed by atoms with van der Waals surface area (Å²) in [7, 11) is 0. The van der Waals surface area contributed by atoms with Crippen LogP contribution in [0.2, 0.25) is 0 Å². The molecular weight excluding hydrogens is 254 g/mol. The van der Waals surface area contributed by atoms with Crippen molar-refractivity contribution in [2.24, 2.45) is 5.73 Å². The molecule has 3 rings (SSSR count). The number of nitrogens with zero attached hydrogens (tertiary/aromatic N) is 3. The fraction of sp³-hybridized carbons (Fsp3) is 0.357. The molecule has 0 saturated carbocycles. The summed E-state index contributed by atoms with van der Waals surface area (Å²) >= 11 is 0.